The highest BCUT2D eigenvalue weighted by molar-refractivity contribution is 5.80. The molecule has 2 heterocycles. The number of hydrogen-bond acceptors (Lipinski definition) is 4. The third-order valence-electron chi connectivity index (χ3n) is 5.03. The molecule has 5 nitrogen and oxygen atoms in total. The minimum absolute atomic E-state index is 0.404. The van der Waals surface area contributed by atoms with Crippen LogP contribution in [0.5, 0.6) is 5.75 Å². The highest BCUT2D eigenvalue weighted by Crippen LogP contribution is 2.26. The van der Waals surface area contributed by atoms with E-state index in [4.69, 9.17) is 14.5 Å². The summed E-state index contributed by atoms with van der Waals surface area (Å²) in [7, 11) is 1.68. The third kappa shape index (κ3) is 3.51. The number of rotatable bonds is 6. The normalized spacial score (nSPS) is 11.2. The summed E-state index contributed by atoms with van der Waals surface area (Å²) in [6.45, 7) is 0.835. The van der Waals surface area contributed by atoms with Crippen LogP contribution in [0.4, 0.5) is 0 Å². The van der Waals surface area contributed by atoms with Crippen LogP contribution in [0.2, 0.25) is 0 Å². The molecule has 0 aliphatic heterocycles. The van der Waals surface area contributed by atoms with E-state index in [1.165, 1.54) is 0 Å². The second-order valence-corrected chi connectivity index (χ2v) is 7.07. The van der Waals surface area contributed by atoms with Gasteiger partial charge in [0.25, 0.3) is 0 Å². The van der Waals surface area contributed by atoms with Gasteiger partial charge in [0.1, 0.15) is 24.8 Å². The maximum Gasteiger partial charge on any atom is 0.140 e. The van der Waals surface area contributed by atoms with Gasteiger partial charge in [0, 0.05) is 24.2 Å². The van der Waals surface area contributed by atoms with Gasteiger partial charge in [-0.05, 0) is 36.4 Å². The van der Waals surface area contributed by atoms with Gasteiger partial charge in [0.15, 0.2) is 0 Å². The summed E-state index contributed by atoms with van der Waals surface area (Å²) in [6, 6.07) is 28.3. The summed E-state index contributed by atoms with van der Waals surface area (Å²) in [5.74, 6) is 1.63. The van der Waals surface area contributed by atoms with E-state index in [0.29, 0.717) is 13.2 Å². The van der Waals surface area contributed by atoms with E-state index in [-0.39, 0.29) is 0 Å². The van der Waals surface area contributed by atoms with Crippen molar-refractivity contribution >= 4 is 21.9 Å². The molecule has 0 saturated heterocycles. The highest BCUT2D eigenvalue weighted by Gasteiger charge is 2.13. The van der Waals surface area contributed by atoms with Gasteiger partial charge in [-0.2, -0.15) is 0 Å². The summed E-state index contributed by atoms with van der Waals surface area (Å²) in [6.07, 6.45) is 0. The van der Waals surface area contributed by atoms with Crippen molar-refractivity contribution in [2.75, 3.05) is 7.11 Å². The predicted molar refractivity (Wildman–Crippen MR) is 118 cm³/mol. The first-order chi connectivity index (χ1) is 14.8. The fourth-order valence-electron chi connectivity index (χ4n) is 3.63. The van der Waals surface area contributed by atoms with Gasteiger partial charge in [0.05, 0.1) is 22.2 Å². The lowest BCUT2D eigenvalue weighted by molar-refractivity contribution is 0.177. The standard InChI is InChI=1S/C25H21N3O2/c1-29-17-25-27-23-14-13-21(15-24(23)28(25)20-8-3-2-4-9-20)30-16-19-12-11-18-7-5-6-10-22(18)26-19/h2-15H,16-17H2,1H3. The zero-order chi connectivity index (χ0) is 20.3. The van der Waals surface area contributed by atoms with Gasteiger partial charge < -0.3 is 9.47 Å². The van der Waals surface area contributed by atoms with Crippen molar-refractivity contribution in [2.24, 2.45) is 0 Å². The maximum atomic E-state index is 6.07. The van der Waals surface area contributed by atoms with Gasteiger partial charge in [-0.1, -0.05) is 42.5 Å². The van der Waals surface area contributed by atoms with Gasteiger partial charge in [-0.25, -0.2) is 9.97 Å². The number of pyridine rings is 1. The van der Waals surface area contributed by atoms with Gasteiger partial charge >= 0.3 is 0 Å². The van der Waals surface area contributed by atoms with Crippen LogP contribution in [0.15, 0.2) is 84.9 Å². The number of ether oxygens (including phenoxy) is 2. The molecule has 5 heteroatoms. The first kappa shape index (κ1) is 18.3. The molecule has 148 valence electrons. The molecule has 0 saturated carbocycles. The molecule has 0 bridgehead atoms. The fourth-order valence-corrected chi connectivity index (χ4v) is 3.63. The van der Waals surface area contributed by atoms with Crippen molar-refractivity contribution in [1.82, 2.24) is 14.5 Å². The number of imidazole rings is 1. The number of para-hydroxylation sites is 2. The number of fused-ring (bicyclic) bond motifs is 2. The predicted octanol–water partition coefficient (Wildman–Crippen LogP) is 5.30. The van der Waals surface area contributed by atoms with E-state index in [2.05, 4.69) is 33.8 Å². The van der Waals surface area contributed by atoms with Crippen LogP contribution in [0.3, 0.4) is 0 Å². The Balaban J connectivity index is 1.47. The summed E-state index contributed by atoms with van der Waals surface area (Å²) >= 11 is 0. The molecule has 5 aromatic rings. The lowest BCUT2D eigenvalue weighted by atomic mass is 10.2. The lowest BCUT2D eigenvalue weighted by Gasteiger charge is -2.10. The van der Waals surface area contributed by atoms with Crippen molar-refractivity contribution < 1.29 is 9.47 Å². The molecule has 0 amide bonds. The highest BCUT2D eigenvalue weighted by atomic mass is 16.5. The van der Waals surface area contributed by atoms with Crippen LogP contribution in [0, 0.1) is 0 Å². The summed E-state index contributed by atoms with van der Waals surface area (Å²) in [4.78, 5) is 9.43. The van der Waals surface area contributed by atoms with E-state index >= 15 is 0 Å². The number of nitrogens with zero attached hydrogens (tertiary/aromatic N) is 3. The Morgan fingerprint density at radius 2 is 1.60 bits per heavy atom. The van der Waals surface area contributed by atoms with Crippen LogP contribution in [-0.2, 0) is 18.0 Å². The van der Waals surface area contributed by atoms with Gasteiger partial charge in [-0.3, -0.25) is 4.57 Å². The Hall–Kier alpha value is -3.70. The number of aromatic nitrogens is 3. The van der Waals surface area contributed by atoms with Gasteiger partial charge in [0.2, 0.25) is 0 Å². The second-order valence-electron chi connectivity index (χ2n) is 7.07. The average Bonchev–Trinajstić information content (AvgIpc) is 3.15. The Bertz CT molecular complexity index is 1310. The molecule has 0 unspecified atom stereocenters. The molecular weight excluding hydrogens is 374 g/mol. The number of benzene rings is 3. The smallest absolute Gasteiger partial charge is 0.140 e. The summed E-state index contributed by atoms with van der Waals surface area (Å²) < 4.78 is 13.6. The molecule has 0 atom stereocenters. The van der Waals surface area contributed by atoms with Crippen molar-refractivity contribution in [1.29, 1.82) is 0 Å². The quantitative estimate of drug-likeness (QED) is 0.391. The molecule has 0 aliphatic carbocycles. The largest absolute Gasteiger partial charge is 0.487 e. The van der Waals surface area contributed by atoms with E-state index in [1.54, 1.807) is 7.11 Å². The Kier molecular flexibility index (Phi) is 4.87. The van der Waals surface area contributed by atoms with Gasteiger partial charge in [-0.15, -0.1) is 0 Å². The molecule has 2 aromatic heterocycles. The summed E-state index contributed by atoms with van der Waals surface area (Å²) in [5, 5.41) is 1.13. The first-order valence-corrected chi connectivity index (χ1v) is 9.85. The molecule has 5 rings (SSSR count). The average molecular weight is 395 g/mol. The molecule has 0 spiro atoms. The molecule has 3 aromatic carbocycles. The van der Waals surface area contributed by atoms with E-state index in [1.807, 2.05) is 60.7 Å². The molecular formula is C25H21N3O2. The minimum atomic E-state index is 0.404. The SMILES string of the molecule is COCc1nc2ccc(OCc3ccc4ccccc4n3)cc2n1-c1ccccc1. The van der Waals surface area contributed by atoms with Crippen LogP contribution in [0.25, 0.3) is 27.6 Å². The van der Waals surface area contributed by atoms with E-state index in [0.717, 1.165) is 44.9 Å². The fraction of sp³-hybridized carbons (Fsp3) is 0.120. The van der Waals surface area contributed by atoms with E-state index in [9.17, 15) is 0 Å². The third-order valence-corrected chi connectivity index (χ3v) is 5.03. The van der Waals surface area contributed by atoms with Crippen LogP contribution in [-0.4, -0.2) is 21.6 Å². The number of hydrogen-bond donors (Lipinski definition) is 0. The molecule has 0 N–H and O–H groups in total. The zero-order valence-electron chi connectivity index (χ0n) is 16.7. The molecule has 0 fully saturated rings. The van der Waals surface area contributed by atoms with Crippen molar-refractivity contribution in [3.63, 3.8) is 0 Å². The lowest BCUT2D eigenvalue weighted by Crippen LogP contribution is -2.02. The number of methoxy groups -OCH3 is 1. The Labute approximate surface area is 174 Å². The molecule has 30 heavy (non-hydrogen) atoms. The van der Waals surface area contributed by atoms with Crippen LogP contribution < -0.4 is 4.74 Å². The first-order valence-electron chi connectivity index (χ1n) is 9.85. The zero-order valence-corrected chi connectivity index (χ0v) is 16.7. The maximum absolute atomic E-state index is 6.07. The summed E-state index contributed by atoms with van der Waals surface area (Å²) in [5.41, 5.74) is 4.80. The van der Waals surface area contributed by atoms with E-state index < -0.39 is 0 Å². The molecule has 0 aliphatic rings. The Morgan fingerprint density at radius 1 is 0.767 bits per heavy atom. The van der Waals surface area contributed by atoms with Crippen molar-refractivity contribution in [3.8, 4) is 11.4 Å². The van der Waals surface area contributed by atoms with Crippen LogP contribution >= 0.6 is 0 Å². The second kappa shape index (κ2) is 7.97. The molecule has 0 radical (unpaired) electrons. The monoisotopic (exact) mass is 395 g/mol. The minimum Gasteiger partial charge on any atom is -0.487 e. The Morgan fingerprint density at radius 3 is 2.47 bits per heavy atom. The van der Waals surface area contributed by atoms with Crippen molar-refractivity contribution in [3.05, 3.63) is 96.4 Å². The topological polar surface area (TPSA) is 49.2 Å². The van der Waals surface area contributed by atoms with Crippen molar-refractivity contribution in [2.45, 2.75) is 13.2 Å². The van der Waals surface area contributed by atoms with Crippen LogP contribution in [0.1, 0.15) is 11.5 Å².